The van der Waals surface area contributed by atoms with Crippen molar-refractivity contribution in [2.45, 2.75) is 59.8 Å². The van der Waals surface area contributed by atoms with Crippen LogP contribution in [-0.2, 0) is 25.5 Å². The van der Waals surface area contributed by atoms with E-state index in [0.717, 1.165) is 29.8 Å². The Labute approximate surface area is 179 Å². The zero-order valence-corrected chi connectivity index (χ0v) is 18.8. The number of hydrogen-bond donors (Lipinski definition) is 1. The van der Waals surface area contributed by atoms with Gasteiger partial charge in [-0.1, -0.05) is 45.0 Å². The molecule has 1 aliphatic heterocycles. The van der Waals surface area contributed by atoms with Crippen LogP contribution in [0.5, 0.6) is 0 Å². The molecule has 3 rings (SSSR count). The number of carbonyl (C=O) groups is 2. The summed E-state index contributed by atoms with van der Waals surface area (Å²) in [7, 11) is 0. The molecule has 0 saturated carbocycles. The summed E-state index contributed by atoms with van der Waals surface area (Å²) < 4.78 is 10.8. The highest BCUT2D eigenvalue weighted by atomic mass is 16.6. The lowest BCUT2D eigenvalue weighted by Crippen LogP contribution is -2.38. The van der Waals surface area contributed by atoms with E-state index < -0.39 is 11.9 Å². The van der Waals surface area contributed by atoms with E-state index in [1.165, 1.54) is 5.56 Å². The van der Waals surface area contributed by atoms with Crippen LogP contribution < -0.4 is 5.32 Å². The number of rotatable bonds is 7. The molecule has 1 aromatic carbocycles. The summed E-state index contributed by atoms with van der Waals surface area (Å²) in [5.74, 6) is -0.700. The van der Waals surface area contributed by atoms with E-state index in [4.69, 9.17) is 9.47 Å². The standard InChI is InChI=1S/C25H33NO4/c1-6-17-8-10-18(11-9-17)22-21(24(28)30-13-12-29-7-2)16(3)26-19-14-25(4,5)15-20(27)23(19)22/h8-11,22,26H,6-7,12-15H2,1-5H3. The third-order valence-electron chi connectivity index (χ3n) is 5.85. The predicted molar refractivity (Wildman–Crippen MR) is 117 cm³/mol. The van der Waals surface area contributed by atoms with Crippen molar-refractivity contribution >= 4 is 11.8 Å². The van der Waals surface area contributed by atoms with Crippen molar-refractivity contribution < 1.29 is 19.1 Å². The maximum Gasteiger partial charge on any atom is 0.336 e. The van der Waals surface area contributed by atoms with Gasteiger partial charge in [0.15, 0.2) is 5.78 Å². The molecule has 162 valence electrons. The van der Waals surface area contributed by atoms with Crippen LogP contribution in [0, 0.1) is 5.41 Å². The van der Waals surface area contributed by atoms with E-state index in [1.54, 1.807) is 0 Å². The Morgan fingerprint density at radius 3 is 2.47 bits per heavy atom. The number of dihydropyridines is 1. The summed E-state index contributed by atoms with van der Waals surface area (Å²) in [6.07, 6.45) is 2.19. The van der Waals surface area contributed by atoms with E-state index in [-0.39, 0.29) is 17.8 Å². The number of Topliss-reactive ketones (excluding diaryl/α,β-unsaturated/α-hetero) is 1. The highest BCUT2D eigenvalue weighted by Crippen LogP contribution is 2.46. The minimum atomic E-state index is -0.407. The molecule has 1 aromatic rings. The molecule has 0 aromatic heterocycles. The van der Waals surface area contributed by atoms with E-state index in [0.29, 0.717) is 30.8 Å². The fraction of sp³-hybridized carbons (Fsp3) is 0.520. The summed E-state index contributed by atoms with van der Waals surface area (Å²) >= 11 is 0. The van der Waals surface area contributed by atoms with Gasteiger partial charge in [0.1, 0.15) is 6.61 Å². The third-order valence-corrected chi connectivity index (χ3v) is 5.85. The van der Waals surface area contributed by atoms with Crippen molar-refractivity contribution in [3.8, 4) is 0 Å². The number of carbonyl (C=O) groups excluding carboxylic acids is 2. The van der Waals surface area contributed by atoms with Gasteiger partial charge in [-0.3, -0.25) is 4.79 Å². The van der Waals surface area contributed by atoms with Crippen LogP contribution >= 0.6 is 0 Å². The van der Waals surface area contributed by atoms with Gasteiger partial charge >= 0.3 is 5.97 Å². The molecular weight excluding hydrogens is 378 g/mol. The zero-order chi connectivity index (χ0) is 21.9. The number of ketones is 1. The Morgan fingerprint density at radius 1 is 1.13 bits per heavy atom. The van der Waals surface area contributed by atoms with E-state index >= 15 is 0 Å². The fourth-order valence-corrected chi connectivity index (χ4v) is 4.40. The van der Waals surface area contributed by atoms with Crippen molar-refractivity contribution in [3.63, 3.8) is 0 Å². The smallest absolute Gasteiger partial charge is 0.336 e. The van der Waals surface area contributed by atoms with Gasteiger partial charge in [0.2, 0.25) is 0 Å². The van der Waals surface area contributed by atoms with E-state index in [2.05, 4.69) is 38.2 Å². The lowest BCUT2D eigenvalue weighted by molar-refractivity contribution is -0.140. The maximum absolute atomic E-state index is 13.2. The molecule has 0 saturated heterocycles. The molecular formula is C25H33NO4. The van der Waals surface area contributed by atoms with Crippen LogP contribution in [-0.4, -0.2) is 31.6 Å². The summed E-state index contributed by atoms with van der Waals surface area (Å²) in [6, 6.07) is 8.21. The van der Waals surface area contributed by atoms with Gasteiger partial charge in [0, 0.05) is 35.9 Å². The van der Waals surface area contributed by atoms with Crippen molar-refractivity contribution in [2.75, 3.05) is 19.8 Å². The van der Waals surface area contributed by atoms with Crippen LogP contribution in [0.1, 0.15) is 64.5 Å². The second-order valence-electron chi connectivity index (χ2n) is 8.86. The van der Waals surface area contributed by atoms with Crippen molar-refractivity contribution in [3.05, 3.63) is 57.9 Å². The summed E-state index contributed by atoms with van der Waals surface area (Å²) in [5, 5.41) is 3.37. The molecule has 0 fully saturated rings. The Hall–Kier alpha value is -2.40. The molecule has 1 aliphatic carbocycles. The van der Waals surface area contributed by atoms with Crippen molar-refractivity contribution in [1.82, 2.24) is 5.32 Å². The number of hydrogen-bond acceptors (Lipinski definition) is 5. The van der Waals surface area contributed by atoms with Crippen LogP contribution in [0.15, 0.2) is 46.8 Å². The second-order valence-corrected chi connectivity index (χ2v) is 8.86. The van der Waals surface area contributed by atoms with Crippen LogP contribution in [0.2, 0.25) is 0 Å². The molecule has 0 amide bonds. The van der Waals surface area contributed by atoms with Gasteiger partial charge in [-0.05, 0) is 43.2 Å². The third kappa shape index (κ3) is 4.67. The zero-order valence-electron chi connectivity index (χ0n) is 18.8. The molecule has 1 N–H and O–H groups in total. The molecule has 0 bridgehead atoms. The highest BCUT2D eigenvalue weighted by Gasteiger charge is 2.43. The van der Waals surface area contributed by atoms with E-state index in [1.807, 2.05) is 26.0 Å². The van der Waals surface area contributed by atoms with Gasteiger partial charge in [-0.2, -0.15) is 0 Å². The average molecular weight is 412 g/mol. The SMILES string of the molecule is CCOCCOC(=O)C1=C(C)NC2=C(C(=O)CC(C)(C)C2)C1c1ccc(CC)cc1. The van der Waals surface area contributed by atoms with E-state index in [9.17, 15) is 9.59 Å². The quantitative estimate of drug-likeness (QED) is 0.531. The number of nitrogens with one attached hydrogen (secondary N) is 1. The van der Waals surface area contributed by atoms with Gasteiger partial charge in [-0.15, -0.1) is 0 Å². The van der Waals surface area contributed by atoms with Crippen LogP contribution in [0.25, 0.3) is 0 Å². The van der Waals surface area contributed by atoms with Crippen molar-refractivity contribution in [2.24, 2.45) is 5.41 Å². The number of esters is 1. The first-order valence-corrected chi connectivity index (χ1v) is 10.8. The summed E-state index contributed by atoms with van der Waals surface area (Å²) in [4.78, 5) is 26.3. The maximum atomic E-state index is 13.2. The topological polar surface area (TPSA) is 64.6 Å². The van der Waals surface area contributed by atoms with Gasteiger partial charge in [-0.25, -0.2) is 4.79 Å². The van der Waals surface area contributed by atoms with Gasteiger partial charge < -0.3 is 14.8 Å². The Morgan fingerprint density at radius 2 is 1.83 bits per heavy atom. The minimum absolute atomic E-state index is 0.102. The normalized spacial score (nSPS) is 20.7. The molecule has 1 heterocycles. The van der Waals surface area contributed by atoms with Crippen LogP contribution in [0.4, 0.5) is 0 Å². The molecule has 2 aliphatic rings. The lowest BCUT2D eigenvalue weighted by Gasteiger charge is -2.39. The monoisotopic (exact) mass is 411 g/mol. The first-order valence-electron chi connectivity index (χ1n) is 10.8. The second kappa shape index (κ2) is 9.17. The Bertz CT molecular complexity index is 877. The van der Waals surface area contributed by atoms with Crippen molar-refractivity contribution in [1.29, 1.82) is 0 Å². The van der Waals surface area contributed by atoms with Crippen LogP contribution in [0.3, 0.4) is 0 Å². The molecule has 1 atom stereocenters. The Balaban J connectivity index is 2.02. The molecule has 1 unspecified atom stereocenters. The highest BCUT2D eigenvalue weighted by molar-refractivity contribution is 6.04. The largest absolute Gasteiger partial charge is 0.460 e. The van der Waals surface area contributed by atoms with Gasteiger partial charge in [0.25, 0.3) is 0 Å². The lowest BCUT2D eigenvalue weighted by atomic mass is 9.68. The molecule has 5 nitrogen and oxygen atoms in total. The summed E-state index contributed by atoms with van der Waals surface area (Å²) in [6.45, 7) is 11.3. The number of ether oxygens (including phenoxy) is 2. The molecule has 0 radical (unpaired) electrons. The first kappa shape index (κ1) is 22.3. The number of allylic oxidation sites excluding steroid dienone is 3. The predicted octanol–water partition coefficient (Wildman–Crippen LogP) is 4.43. The molecule has 5 heteroatoms. The number of benzene rings is 1. The van der Waals surface area contributed by atoms with Gasteiger partial charge in [0.05, 0.1) is 12.2 Å². The first-order chi connectivity index (χ1) is 14.3. The number of aryl methyl sites for hydroxylation is 1. The fourth-order valence-electron chi connectivity index (χ4n) is 4.40. The molecule has 0 spiro atoms. The summed E-state index contributed by atoms with van der Waals surface area (Å²) in [5.41, 5.74) is 4.98. The molecule has 30 heavy (non-hydrogen) atoms. The minimum Gasteiger partial charge on any atom is -0.460 e. The average Bonchev–Trinajstić information content (AvgIpc) is 2.69. The Kier molecular flexibility index (Phi) is 6.81.